The zero-order valence-electron chi connectivity index (χ0n) is 7.63. The molecule has 2 heteroatoms. The summed E-state index contributed by atoms with van der Waals surface area (Å²) in [6.07, 6.45) is 0. The van der Waals surface area contributed by atoms with E-state index in [2.05, 4.69) is 6.07 Å². The summed E-state index contributed by atoms with van der Waals surface area (Å²) in [6.45, 7) is 8.16. The fourth-order valence-electron chi connectivity index (χ4n) is 1.00. The largest absolute Gasteiger partial charge is 0.198 e. The van der Waals surface area contributed by atoms with Crippen LogP contribution in [0.2, 0.25) is 0 Å². The average Bonchev–Trinajstić information content (AvgIpc) is 1.88. The molecule has 64 valence electrons. The minimum absolute atomic E-state index is 0.0139. The maximum atomic E-state index is 8.78. The molecule has 0 rings (SSSR count). The van der Waals surface area contributed by atoms with E-state index in [1.165, 1.54) is 0 Å². The molecule has 0 bridgehead atoms. The lowest BCUT2D eigenvalue weighted by atomic mass is 9.88. The van der Waals surface area contributed by atoms with Crippen molar-refractivity contribution in [3.8, 4) is 6.07 Å². The molecule has 0 radical (unpaired) electrons. The summed E-state index contributed by atoms with van der Waals surface area (Å²) in [4.78, 5) is 0. The van der Waals surface area contributed by atoms with Crippen LogP contribution < -0.4 is 0 Å². The lowest BCUT2D eigenvalue weighted by Gasteiger charge is -2.21. The molecular formula is C9H16ClN. The molecule has 2 unspecified atom stereocenters. The van der Waals surface area contributed by atoms with Crippen molar-refractivity contribution in [1.29, 1.82) is 5.26 Å². The normalized spacial score (nSPS) is 16.5. The van der Waals surface area contributed by atoms with Gasteiger partial charge in [-0.3, -0.25) is 0 Å². The number of alkyl halides is 1. The highest BCUT2D eigenvalue weighted by Crippen LogP contribution is 2.24. The van der Waals surface area contributed by atoms with Crippen LogP contribution in [0.25, 0.3) is 0 Å². The van der Waals surface area contributed by atoms with Crippen LogP contribution in [-0.4, -0.2) is 5.38 Å². The average molecular weight is 174 g/mol. The van der Waals surface area contributed by atoms with Crippen LogP contribution in [0.3, 0.4) is 0 Å². The topological polar surface area (TPSA) is 23.8 Å². The molecule has 11 heavy (non-hydrogen) atoms. The van der Waals surface area contributed by atoms with Gasteiger partial charge in [-0.25, -0.2) is 0 Å². The summed E-state index contributed by atoms with van der Waals surface area (Å²) in [5, 5.41) is 8.77. The molecule has 0 amide bonds. The van der Waals surface area contributed by atoms with E-state index in [1.54, 1.807) is 0 Å². The monoisotopic (exact) mass is 173 g/mol. The van der Waals surface area contributed by atoms with E-state index in [0.29, 0.717) is 11.8 Å². The highest BCUT2D eigenvalue weighted by molar-refractivity contribution is 6.21. The Morgan fingerprint density at radius 3 is 1.64 bits per heavy atom. The van der Waals surface area contributed by atoms with Crippen LogP contribution >= 0.6 is 11.6 Å². The summed E-state index contributed by atoms with van der Waals surface area (Å²) >= 11 is 6.05. The van der Waals surface area contributed by atoms with Crippen molar-refractivity contribution < 1.29 is 0 Å². The van der Waals surface area contributed by atoms with Crippen LogP contribution in [0.15, 0.2) is 0 Å². The Morgan fingerprint density at radius 2 is 1.55 bits per heavy atom. The third-order valence-electron chi connectivity index (χ3n) is 1.85. The van der Waals surface area contributed by atoms with Crippen molar-refractivity contribution in [2.75, 3.05) is 0 Å². The van der Waals surface area contributed by atoms with Gasteiger partial charge < -0.3 is 0 Å². The molecule has 0 saturated heterocycles. The Labute approximate surface area is 74.4 Å². The molecule has 0 saturated carbocycles. The SMILES string of the molecule is CC(C)C(Cl)C(C#N)C(C)C. The molecule has 0 aliphatic rings. The molecule has 0 heterocycles. The fraction of sp³-hybridized carbons (Fsp3) is 0.889. The van der Waals surface area contributed by atoms with Gasteiger partial charge in [0.15, 0.2) is 0 Å². The molecule has 0 aromatic carbocycles. The predicted octanol–water partition coefficient (Wildman–Crippen LogP) is 3.05. The number of nitriles is 1. The van der Waals surface area contributed by atoms with Crippen LogP contribution in [0, 0.1) is 29.1 Å². The molecule has 0 aromatic heterocycles. The molecule has 1 nitrogen and oxygen atoms in total. The maximum Gasteiger partial charge on any atom is 0.0674 e. The second-order valence-corrected chi connectivity index (χ2v) is 4.09. The molecule has 0 aliphatic heterocycles. The van der Waals surface area contributed by atoms with Gasteiger partial charge in [0.05, 0.1) is 17.4 Å². The molecule has 0 fully saturated rings. The van der Waals surface area contributed by atoms with Gasteiger partial charge in [0.25, 0.3) is 0 Å². The second kappa shape index (κ2) is 4.62. The fourth-order valence-corrected chi connectivity index (χ4v) is 1.35. The van der Waals surface area contributed by atoms with E-state index in [1.807, 2.05) is 27.7 Å². The highest BCUT2D eigenvalue weighted by atomic mass is 35.5. The van der Waals surface area contributed by atoms with E-state index in [0.717, 1.165) is 0 Å². The lowest BCUT2D eigenvalue weighted by molar-refractivity contribution is 0.397. The standard InChI is InChI=1S/C9H16ClN/c1-6(2)8(5-11)9(10)7(3)4/h6-9H,1-4H3. The van der Waals surface area contributed by atoms with E-state index >= 15 is 0 Å². The first-order chi connectivity index (χ1) is 5.00. The van der Waals surface area contributed by atoms with Crippen LogP contribution in [0.1, 0.15) is 27.7 Å². The van der Waals surface area contributed by atoms with Gasteiger partial charge in [-0.15, -0.1) is 11.6 Å². The van der Waals surface area contributed by atoms with E-state index in [-0.39, 0.29) is 11.3 Å². The zero-order valence-corrected chi connectivity index (χ0v) is 8.39. The Bertz CT molecular complexity index is 146. The second-order valence-electron chi connectivity index (χ2n) is 3.59. The number of halogens is 1. The quantitative estimate of drug-likeness (QED) is 0.602. The molecule has 0 aromatic rings. The Kier molecular flexibility index (Phi) is 4.52. The number of hydrogen-bond donors (Lipinski definition) is 0. The summed E-state index contributed by atoms with van der Waals surface area (Å²) in [6, 6.07) is 2.25. The first-order valence-electron chi connectivity index (χ1n) is 4.04. The lowest BCUT2D eigenvalue weighted by Crippen LogP contribution is -2.23. The van der Waals surface area contributed by atoms with Gasteiger partial charge in [0.1, 0.15) is 0 Å². The Morgan fingerprint density at radius 1 is 1.09 bits per heavy atom. The van der Waals surface area contributed by atoms with Crippen molar-refractivity contribution in [2.45, 2.75) is 33.1 Å². The summed E-state index contributed by atoms with van der Waals surface area (Å²) in [5.74, 6) is 0.713. The van der Waals surface area contributed by atoms with E-state index in [4.69, 9.17) is 16.9 Å². The Hall–Kier alpha value is -0.220. The number of nitrogens with zero attached hydrogens (tertiary/aromatic N) is 1. The molecule has 2 atom stereocenters. The van der Waals surface area contributed by atoms with Crippen molar-refractivity contribution in [3.63, 3.8) is 0 Å². The van der Waals surface area contributed by atoms with Gasteiger partial charge >= 0.3 is 0 Å². The molecule has 0 spiro atoms. The van der Waals surface area contributed by atoms with Gasteiger partial charge in [0.2, 0.25) is 0 Å². The third-order valence-corrected chi connectivity index (χ3v) is 2.62. The summed E-state index contributed by atoms with van der Waals surface area (Å²) < 4.78 is 0. The molecule has 0 N–H and O–H groups in total. The first-order valence-corrected chi connectivity index (χ1v) is 4.48. The van der Waals surface area contributed by atoms with Crippen molar-refractivity contribution in [3.05, 3.63) is 0 Å². The van der Waals surface area contributed by atoms with Crippen LogP contribution in [0.4, 0.5) is 0 Å². The van der Waals surface area contributed by atoms with Crippen molar-refractivity contribution in [2.24, 2.45) is 17.8 Å². The highest BCUT2D eigenvalue weighted by Gasteiger charge is 2.24. The maximum absolute atomic E-state index is 8.78. The summed E-state index contributed by atoms with van der Waals surface area (Å²) in [7, 11) is 0. The first kappa shape index (κ1) is 10.8. The van der Waals surface area contributed by atoms with Crippen molar-refractivity contribution >= 4 is 11.6 Å². The number of rotatable bonds is 3. The number of hydrogen-bond acceptors (Lipinski definition) is 1. The zero-order chi connectivity index (χ0) is 9.02. The molecular weight excluding hydrogens is 158 g/mol. The van der Waals surface area contributed by atoms with Crippen LogP contribution in [-0.2, 0) is 0 Å². The minimum Gasteiger partial charge on any atom is -0.198 e. The van der Waals surface area contributed by atoms with E-state index < -0.39 is 0 Å². The third kappa shape index (κ3) is 3.12. The smallest absolute Gasteiger partial charge is 0.0674 e. The summed E-state index contributed by atoms with van der Waals surface area (Å²) in [5.41, 5.74) is 0. The Balaban J connectivity index is 4.17. The predicted molar refractivity (Wildman–Crippen MR) is 48.4 cm³/mol. The van der Waals surface area contributed by atoms with Gasteiger partial charge in [-0.2, -0.15) is 5.26 Å². The molecule has 0 aliphatic carbocycles. The van der Waals surface area contributed by atoms with E-state index in [9.17, 15) is 0 Å². The van der Waals surface area contributed by atoms with Gasteiger partial charge in [-0.05, 0) is 11.8 Å². The van der Waals surface area contributed by atoms with Gasteiger partial charge in [0, 0.05) is 0 Å². The minimum atomic E-state index is -0.0170. The van der Waals surface area contributed by atoms with Crippen molar-refractivity contribution in [1.82, 2.24) is 0 Å². The van der Waals surface area contributed by atoms with Crippen LogP contribution in [0.5, 0.6) is 0 Å². The van der Waals surface area contributed by atoms with Gasteiger partial charge in [-0.1, -0.05) is 27.7 Å².